The number of aromatic nitrogens is 1. The van der Waals surface area contributed by atoms with Gasteiger partial charge in [0.1, 0.15) is 0 Å². The average molecular weight is 418 g/mol. The molecule has 1 N–H and O–H groups in total. The molecule has 0 aliphatic heterocycles. The van der Waals surface area contributed by atoms with Crippen LogP contribution in [0.3, 0.4) is 0 Å². The van der Waals surface area contributed by atoms with Crippen molar-refractivity contribution in [3.63, 3.8) is 0 Å². The quantitative estimate of drug-likeness (QED) is 0.329. The molecule has 0 bridgehead atoms. The van der Waals surface area contributed by atoms with Gasteiger partial charge in [-0.15, -0.1) is 0 Å². The second-order valence-corrected chi connectivity index (χ2v) is 5.68. The molecule has 1 aromatic heterocycles. The lowest BCUT2D eigenvalue weighted by molar-refractivity contribution is -0.137. The molecule has 0 unspecified atom stereocenters. The number of carbonyl (C=O) groups is 1. The van der Waals surface area contributed by atoms with Crippen molar-refractivity contribution in [2.45, 2.75) is 13.1 Å². The van der Waals surface area contributed by atoms with Gasteiger partial charge in [-0.3, -0.25) is 10.2 Å². The Kier molecular flexibility index (Phi) is 6.68. The smallest absolute Gasteiger partial charge is 0.417 e. The highest BCUT2D eigenvalue weighted by molar-refractivity contribution is 6.32. The Labute approximate surface area is 163 Å². The molecule has 2 aromatic rings. The van der Waals surface area contributed by atoms with Gasteiger partial charge in [0.2, 0.25) is 5.75 Å². The Bertz CT molecular complexity index is 879. The molecule has 0 radical (unpaired) electrons. The van der Waals surface area contributed by atoms with Crippen LogP contribution in [0.2, 0.25) is 5.02 Å². The van der Waals surface area contributed by atoms with E-state index in [2.05, 4.69) is 15.5 Å². The Hall–Kier alpha value is -3.01. The van der Waals surface area contributed by atoms with Crippen LogP contribution >= 0.6 is 11.6 Å². The number of esters is 1. The van der Waals surface area contributed by atoms with Gasteiger partial charge in [0.15, 0.2) is 17.3 Å². The van der Waals surface area contributed by atoms with E-state index in [1.807, 2.05) is 0 Å². The maximum absolute atomic E-state index is 12.6. The van der Waals surface area contributed by atoms with Crippen LogP contribution in [0.4, 0.5) is 19.0 Å². The van der Waals surface area contributed by atoms with Crippen LogP contribution in [0.5, 0.6) is 17.2 Å². The fourth-order valence-corrected chi connectivity index (χ4v) is 2.27. The number of hydrogen-bond donors (Lipinski definition) is 1. The molecular formula is C17H15ClF3N3O4. The summed E-state index contributed by atoms with van der Waals surface area (Å²) >= 11 is 5.79. The normalized spacial score (nSPS) is 11.4. The zero-order valence-corrected chi connectivity index (χ0v) is 15.7. The lowest BCUT2D eigenvalue weighted by atomic mass is 10.2. The zero-order valence-electron chi connectivity index (χ0n) is 14.9. The number of nitrogens with zero attached hydrogens (tertiary/aromatic N) is 2. The molecule has 0 fully saturated rings. The number of benzene rings is 1. The van der Waals surface area contributed by atoms with Crippen LogP contribution in [0.15, 0.2) is 29.5 Å². The van der Waals surface area contributed by atoms with Crippen molar-refractivity contribution in [3.05, 3.63) is 40.5 Å². The average Bonchev–Trinajstić information content (AvgIpc) is 2.62. The molecule has 150 valence electrons. The molecule has 28 heavy (non-hydrogen) atoms. The molecule has 11 heteroatoms. The summed E-state index contributed by atoms with van der Waals surface area (Å²) < 4.78 is 53.3. The van der Waals surface area contributed by atoms with Crippen LogP contribution < -0.4 is 19.6 Å². The SMILES string of the molecule is COc1cc(/C=N/Nc2ncc(C(F)(F)F)cc2Cl)cc(OC)c1OC(C)=O. The number of anilines is 1. The summed E-state index contributed by atoms with van der Waals surface area (Å²) in [4.78, 5) is 14.8. The summed E-state index contributed by atoms with van der Waals surface area (Å²) in [5.74, 6) is -0.0532. The summed E-state index contributed by atoms with van der Waals surface area (Å²) in [5, 5.41) is 3.64. The first-order valence-corrected chi connectivity index (χ1v) is 7.99. The Morgan fingerprint density at radius 1 is 1.21 bits per heavy atom. The maximum atomic E-state index is 12.6. The van der Waals surface area contributed by atoms with E-state index in [-0.39, 0.29) is 28.1 Å². The molecular weight excluding hydrogens is 403 g/mol. The van der Waals surface area contributed by atoms with Gasteiger partial charge in [-0.1, -0.05) is 11.6 Å². The first-order chi connectivity index (χ1) is 13.2. The van der Waals surface area contributed by atoms with Crippen molar-refractivity contribution >= 4 is 29.6 Å². The number of pyridine rings is 1. The summed E-state index contributed by atoms with van der Waals surface area (Å²) in [6, 6.07) is 3.79. The molecule has 0 spiro atoms. The van der Waals surface area contributed by atoms with Crippen LogP contribution in [0.1, 0.15) is 18.1 Å². The van der Waals surface area contributed by atoms with Crippen LogP contribution in [-0.2, 0) is 11.0 Å². The third-order valence-corrected chi connectivity index (χ3v) is 3.57. The zero-order chi connectivity index (χ0) is 20.9. The summed E-state index contributed by atoms with van der Waals surface area (Å²) in [6.07, 6.45) is -2.57. The van der Waals surface area contributed by atoms with Crippen LogP contribution in [0.25, 0.3) is 0 Å². The third kappa shape index (κ3) is 5.26. The Morgan fingerprint density at radius 2 is 1.82 bits per heavy atom. The highest BCUT2D eigenvalue weighted by Crippen LogP contribution is 2.38. The maximum Gasteiger partial charge on any atom is 0.417 e. The van der Waals surface area contributed by atoms with E-state index in [1.54, 1.807) is 0 Å². The minimum Gasteiger partial charge on any atom is -0.493 e. The Morgan fingerprint density at radius 3 is 2.29 bits per heavy atom. The number of hydrogen-bond acceptors (Lipinski definition) is 7. The molecule has 0 aliphatic carbocycles. The second-order valence-electron chi connectivity index (χ2n) is 5.27. The van der Waals surface area contributed by atoms with Gasteiger partial charge in [0.05, 0.1) is 31.0 Å². The van der Waals surface area contributed by atoms with Crippen molar-refractivity contribution in [2.24, 2.45) is 5.10 Å². The van der Waals surface area contributed by atoms with Crippen molar-refractivity contribution < 1.29 is 32.2 Å². The first kappa shape index (κ1) is 21.3. The van der Waals surface area contributed by atoms with Gasteiger partial charge in [0.25, 0.3) is 0 Å². The van der Waals surface area contributed by atoms with Crippen molar-refractivity contribution in [3.8, 4) is 17.2 Å². The summed E-state index contributed by atoms with van der Waals surface area (Å²) in [6.45, 7) is 1.24. The molecule has 0 saturated carbocycles. The van der Waals surface area contributed by atoms with Crippen molar-refractivity contribution in [1.82, 2.24) is 4.98 Å². The highest BCUT2D eigenvalue weighted by atomic mass is 35.5. The fraction of sp³-hybridized carbons (Fsp3) is 0.235. The number of alkyl halides is 3. The molecule has 2 rings (SSSR count). The number of halogens is 4. The standard InChI is InChI=1S/C17H15ClF3N3O4/c1-9(25)28-15-13(26-2)4-10(5-14(15)27-3)7-23-24-16-12(18)6-11(8-22-16)17(19,20)21/h4-8H,1-3H3,(H,22,24)/b23-7+. The van der Waals surface area contributed by atoms with E-state index in [0.717, 1.165) is 6.07 Å². The van der Waals surface area contributed by atoms with Crippen molar-refractivity contribution in [1.29, 1.82) is 0 Å². The summed E-state index contributed by atoms with van der Waals surface area (Å²) in [5.41, 5.74) is 1.97. The number of ether oxygens (including phenoxy) is 3. The molecule has 0 saturated heterocycles. The largest absolute Gasteiger partial charge is 0.493 e. The van der Waals surface area contributed by atoms with Crippen LogP contribution in [-0.4, -0.2) is 31.4 Å². The van der Waals surface area contributed by atoms with E-state index in [0.29, 0.717) is 11.8 Å². The number of nitrogens with one attached hydrogen (secondary N) is 1. The van der Waals surface area contributed by atoms with E-state index in [1.165, 1.54) is 39.5 Å². The number of hydrazone groups is 1. The van der Waals surface area contributed by atoms with Crippen molar-refractivity contribution in [2.75, 3.05) is 19.6 Å². The molecule has 0 amide bonds. The van der Waals surface area contributed by atoms with E-state index in [4.69, 9.17) is 25.8 Å². The number of methoxy groups -OCH3 is 2. The molecule has 1 heterocycles. The van der Waals surface area contributed by atoms with E-state index in [9.17, 15) is 18.0 Å². The molecule has 7 nitrogen and oxygen atoms in total. The monoisotopic (exact) mass is 417 g/mol. The lowest BCUT2D eigenvalue weighted by Crippen LogP contribution is -2.06. The number of rotatable bonds is 6. The third-order valence-electron chi connectivity index (χ3n) is 3.28. The molecule has 0 aliphatic rings. The predicted molar refractivity (Wildman–Crippen MR) is 96.3 cm³/mol. The van der Waals surface area contributed by atoms with Gasteiger partial charge in [0, 0.05) is 18.7 Å². The minimum atomic E-state index is -4.55. The van der Waals surface area contributed by atoms with Gasteiger partial charge in [-0.05, 0) is 18.2 Å². The van der Waals surface area contributed by atoms with E-state index >= 15 is 0 Å². The highest BCUT2D eigenvalue weighted by Gasteiger charge is 2.31. The number of carbonyl (C=O) groups excluding carboxylic acids is 1. The van der Waals surface area contributed by atoms with Gasteiger partial charge in [-0.25, -0.2) is 4.98 Å². The summed E-state index contributed by atoms with van der Waals surface area (Å²) in [7, 11) is 2.76. The Balaban J connectivity index is 2.24. The molecule has 0 atom stereocenters. The second kappa shape index (κ2) is 8.79. The lowest BCUT2D eigenvalue weighted by Gasteiger charge is -2.13. The topological polar surface area (TPSA) is 82.0 Å². The fourth-order valence-electron chi connectivity index (χ4n) is 2.06. The van der Waals surface area contributed by atoms with Gasteiger partial charge in [-0.2, -0.15) is 18.3 Å². The first-order valence-electron chi connectivity index (χ1n) is 7.62. The van der Waals surface area contributed by atoms with E-state index < -0.39 is 17.7 Å². The molecule has 1 aromatic carbocycles. The van der Waals surface area contributed by atoms with Gasteiger partial charge >= 0.3 is 12.1 Å². The van der Waals surface area contributed by atoms with Gasteiger partial charge < -0.3 is 14.2 Å². The predicted octanol–water partition coefficient (Wildman–Crippen LogP) is 4.14. The minimum absolute atomic E-state index is 0.0543. The van der Waals surface area contributed by atoms with Crippen LogP contribution in [0, 0.1) is 0 Å².